The molecule has 0 aliphatic heterocycles. The number of phenolic OH excluding ortho intramolecular Hbond substituents is 1. The van der Waals surface area contributed by atoms with Gasteiger partial charge in [-0.15, -0.1) is 12.4 Å². The monoisotopic (exact) mass is 701 g/mol. The molecule has 2 aromatic carbocycles. The molecule has 0 atom stereocenters. The molecule has 0 bridgehead atoms. The molecular formula is C17H19ClI3NO3. The van der Waals surface area contributed by atoms with E-state index in [2.05, 4.69) is 50.5 Å². The van der Waals surface area contributed by atoms with E-state index in [1.165, 1.54) is 0 Å². The Morgan fingerprint density at radius 1 is 1.04 bits per heavy atom. The number of aromatic hydroxyl groups is 1. The van der Waals surface area contributed by atoms with Crippen LogP contribution < -0.4 is 10.1 Å². The molecule has 0 spiro atoms. The maximum Gasteiger partial charge on any atom is 0.193 e. The van der Waals surface area contributed by atoms with Gasteiger partial charge in [-0.2, -0.15) is 0 Å². The summed E-state index contributed by atoms with van der Waals surface area (Å²) in [5, 5.41) is 12.3. The van der Waals surface area contributed by atoms with Crippen LogP contribution in [0.25, 0.3) is 0 Å². The highest BCUT2D eigenvalue weighted by molar-refractivity contribution is 14.1. The van der Waals surface area contributed by atoms with Crippen molar-refractivity contribution in [3.8, 4) is 11.5 Å². The van der Waals surface area contributed by atoms with Gasteiger partial charge in [0.05, 0.1) is 17.3 Å². The number of benzene rings is 2. The van der Waals surface area contributed by atoms with E-state index in [-0.39, 0.29) is 23.9 Å². The lowest BCUT2D eigenvalue weighted by Crippen LogP contribution is -2.05. The quantitative estimate of drug-likeness (QED) is 0.345. The van der Waals surface area contributed by atoms with Crippen molar-refractivity contribution in [3.05, 3.63) is 52.2 Å². The Balaban J connectivity index is 0.00000134. The molecule has 25 heavy (non-hydrogen) atoms. The maximum absolute atomic E-state index is 12.6. The third kappa shape index (κ3) is 7.35. The Labute approximate surface area is 195 Å². The van der Waals surface area contributed by atoms with Crippen molar-refractivity contribution in [2.24, 2.45) is 0 Å². The average Bonchev–Trinajstić information content (AvgIpc) is 2.53. The van der Waals surface area contributed by atoms with Crippen LogP contribution in [-0.4, -0.2) is 31.6 Å². The molecule has 4 nitrogen and oxygen atoms in total. The Hall–Kier alpha value is 0.150. The minimum Gasteiger partial charge on any atom is -0.507 e. The van der Waals surface area contributed by atoms with Crippen LogP contribution in [0.5, 0.6) is 11.5 Å². The van der Waals surface area contributed by atoms with E-state index < -0.39 is 0 Å². The van der Waals surface area contributed by atoms with Gasteiger partial charge in [0.15, 0.2) is 5.78 Å². The Morgan fingerprint density at radius 2 is 1.52 bits per heavy atom. The van der Waals surface area contributed by atoms with Crippen molar-refractivity contribution in [2.45, 2.75) is 6.92 Å². The lowest BCUT2D eigenvalue weighted by atomic mass is 10.0. The summed E-state index contributed by atoms with van der Waals surface area (Å²) in [5.74, 6) is 0.935. The molecule has 2 N–H and O–H groups in total. The molecule has 0 fully saturated rings. The van der Waals surface area contributed by atoms with Gasteiger partial charge in [-0.1, -0.05) is 0 Å². The Kier molecular flexibility index (Phi) is 12.6. The van der Waals surface area contributed by atoms with Gasteiger partial charge in [-0.25, -0.2) is 0 Å². The molecule has 0 aliphatic carbocycles. The minimum absolute atomic E-state index is 0. The number of rotatable bonds is 4. The number of hydrogen-bond acceptors (Lipinski definition) is 4. The minimum atomic E-state index is -0.0632. The summed E-state index contributed by atoms with van der Waals surface area (Å²) in [6, 6.07) is 8.52. The number of ether oxygens (including phenoxy) is 1. The first-order valence-electron chi connectivity index (χ1n) is 7.09. The molecule has 0 aromatic heterocycles. The number of ketones is 1. The third-order valence-electron chi connectivity index (χ3n) is 2.76. The summed E-state index contributed by atoms with van der Waals surface area (Å²) in [7, 11) is 3.75. The van der Waals surface area contributed by atoms with Crippen molar-refractivity contribution in [2.75, 3.05) is 20.7 Å². The number of hydrogen-bond donors (Lipinski definition) is 2. The van der Waals surface area contributed by atoms with Crippen LogP contribution >= 0.6 is 80.2 Å². The Bertz CT molecular complexity index is 703. The highest BCUT2D eigenvalue weighted by Gasteiger charge is 2.15. The summed E-state index contributed by atoms with van der Waals surface area (Å²) in [6.45, 7) is 2.53. The predicted molar refractivity (Wildman–Crippen MR) is 130 cm³/mol. The van der Waals surface area contributed by atoms with Gasteiger partial charge in [0.2, 0.25) is 0 Å². The fraction of sp³-hybridized carbons (Fsp3) is 0.235. The van der Waals surface area contributed by atoms with Crippen LogP contribution in [0.15, 0.2) is 30.3 Å². The van der Waals surface area contributed by atoms with Crippen molar-refractivity contribution in [1.82, 2.24) is 5.32 Å². The largest absolute Gasteiger partial charge is 0.507 e. The highest BCUT2D eigenvalue weighted by Crippen LogP contribution is 2.30. The van der Waals surface area contributed by atoms with Gasteiger partial charge in [-0.05, 0) is 119 Å². The molecule has 0 aliphatic rings. The van der Waals surface area contributed by atoms with Crippen LogP contribution in [0.2, 0.25) is 0 Å². The normalized spacial score (nSPS) is 9.52. The van der Waals surface area contributed by atoms with E-state index in [1.54, 1.807) is 18.2 Å². The van der Waals surface area contributed by atoms with Crippen LogP contribution in [0.1, 0.15) is 22.8 Å². The van der Waals surface area contributed by atoms with E-state index in [0.29, 0.717) is 21.3 Å². The Morgan fingerprint density at radius 3 is 1.96 bits per heavy atom. The summed E-state index contributed by atoms with van der Waals surface area (Å²) in [4.78, 5) is 12.6. The van der Waals surface area contributed by atoms with Crippen LogP contribution in [0, 0.1) is 10.7 Å². The summed E-state index contributed by atoms with van der Waals surface area (Å²) >= 11 is 6.36. The molecular weight excluding hydrogens is 682 g/mol. The standard InChI is InChI=1S/C15H11I3O3.C2H7N.ClH/c1-2-21-15-11(17)6-9(7-12(15)18)14(20)8-3-4-13(19)10(16)5-8;1-3-2;/h3-7,19H,2H2,1H3;3H,1-2H3;1H. The number of phenols is 1. The fourth-order valence-corrected chi connectivity index (χ4v) is 4.38. The lowest BCUT2D eigenvalue weighted by molar-refractivity contribution is 0.103. The van der Waals surface area contributed by atoms with Crippen molar-refractivity contribution in [1.29, 1.82) is 0 Å². The first-order chi connectivity index (χ1) is 11.3. The summed E-state index contributed by atoms with van der Waals surface area (Å²) in [6.07, 6.45) is 0. The van der Waals surface area contributed by atoms with Crippen molar-refractivity contribution < 1.29 is 14.6 Å². The molecule has 0 saturated carbocycles. The number of halogens is 4. The van der Waals surface area contributed by atoms with Gasteiger partial charge >= 0.3 is 0 Å². The zero-order chi connectivity index (χ0) is 18.3. The second-order valence-electron chi connectivity index (χ2n) is 4.70. The SMILES string of the molecule is CCOc1c(I)cc(C(=O)c2ccc(O)c(I)c2)cc1I.CNC.Cl. The molecule has 0 radical (unpaired) electrons. The second-order valence-corrected chi connectivity index (χ2v) is 8.18. The molecule has 2 rings (SSSR count). The molecule has 138 valence electrons. The molecule has 8 heteroatoms. The lowest BCUT2D eigenvalue weighted by Gasteiger charge is -2.11. The van der Waals surface area contributed by atoms with Gasteiger partial charge < -0.3 is 15.2 Å². The smallest absolute Gasteiger partial charge is 0.193 e. The zero-order valence-electron chi connectivity index (χ0n) is 13.9. The third-order valence-corrected chi connectivity index (χ3v) is 5.23. The highest BCUT2D eigenvalue weighted by atomic mass is 127. The van der Waals surface area contributed by atoms with E-state index in [4.69, 9.17) is 4.74 Å². The molecule has 0 amide bonds. The van der Waals surface area contributed by atoms with E-state index in [9.17, 15) is 9.90 Å². The summed E-state index contributed by atoms with van der Waals surface area (Å²) in [5.41, 5.74) is 1.18. The molecule has 0 saturated heterocycles. The van der Waals surface area contributed by atoms with Crippen LogP contribution in [-0.2, 0) is 0 Å². The summed E-state index contributed by atoms with van der Waals surface area (Å²) < 4.78 is 8.07. The predicted octanol–water partition coefficient (Wildman–Crippen LogP) is 5.09. The topological polar surface area (TPSA) is 58.6 Å². The zero-order valence-corrected chi connectivity index (χ0v) is 21.2. The average molecular weight is 702 g/mol. The van der Waals surface area contributed by atoms with Gasteiger partial charge in [-0.3, -0.25) is 4.79 Å². The van der Waals surface area contributed by atoms with Crippen molar-refractivity contribution in [3.63, 3.8) is 0 Å². The van der Waals surface area contributed by atoms with Gasteiger partial charge in [0.25, 0.3) is 0 Å². The van der Waals surface area contributed by atoms with E-state index in [0.717, 1.165) is 12.9 Å². The maximum atomic E-state index is 12.6. The van der Waals surface area contributed by atoms with Crippen LogP contribution in [0.3, 0.4) is 0 Å². The van der Waals surface area contributed by atoms with Gasteiger partial charge in [0.1, 0.15) is 11.5 Å². The fourth-order valence-electron chi connectivity index (χ4n) is 1.79. The first-order valence-corrected chi connectivity index (χ1v) is 10.3. The van der Waals surface area contributed by atoms with E-state index in [1.807, 2.05) is 55.7 Å². The van der Waals surface area contributed by atoms with Gasteiger partial charge in [0, 0.05) is 11.1 Å². The van der Waals surface area contributed by atoms with Crippen molar-refractivity contribution >= 4 is 86.0 Å². The number of nitrogens with one attached hydrogen (secondary N) is 1. The van der Waals surface area contributed by atoms with E-state index >= 15 is 0 Å². The molecule has 0 unspecified atom stereocenters. The second kappa shape index (κ2) is 12.5. The van der Waals surface area contributed by atoms with Crippen LogP contribution in [0.4, 0.5) is 0 Å². The number of carbonyl (C=O) groups is 1. The number of carbonyl (C=O) groups excluding carboxylic acids is 1. The molecule has 2 aromatic rings. The molecule has 0 heterocycles. The first kappa shape index (κ1) is 25.1.